The van der Waals surface area contributed by atoms with Crippen molar-refractivity contribution < 1.29 is 14.6 Å². The van der Waals surface area contributed by atoms with Crippen molar-refractivity contribution in [3.8, 4) is 17.3 Å². The molecule has 8 heteroatoms. The number of unbranched alkanes of at least 4 members (excludes halogenated alkanes) is 1. The molecule has 0 bridgehead atoms. The molecule has 130 valence electrons. The van der Waals surface area contributed by atoms with Gasteiger partial charge in [0.2, 0.25) is 5.91 Å². The van der Waals surface area contributed by atoms with Crippen molar-refractivity contribution in [1.29, 1.82) is 0 Å². The molecule has 0 radical (unpaired) electrons. The van der Waals surface area contributed by atoms with Gasteiger partial charge in [-0.3, -0.25) is 4.79 Å². The third kappa shape index (κ3) is 4.49. The van der Waals surface area contributed by atoms with E-state index in [0.29, 0.717) is 24.2 Å². The SMILES string of the molecule is CC(=O)Nc1nc2ccc(-c3ccnc(OCCCCO)n3)cc2s1. The summed E-state index contributed by atoms with van der Waals surface area (Å²) in [6, 6.07) is 7.94. The number of anilines is 1. The molecular weight excluding hydrogens is 340 g/mol. The molecule has 0 atom stereocenters. The summed E-state index contributed by atoms with van der Waals surface area (Å²) in [6.45, 7) is 2.08. The number of nitrogens with one attached hydrogen (secondary N) is 1. The lowest BCUT2D eigenvalue weighted by molar-refractivity contribution is -0.114. The summed E-state index contributed by atoms with van der Waals surface area (Å²) in [4.78, 5) is 24.1. The number of nitrogens with zero attached hydrogens (tertiary/aromatic N) is 3. The van der Waals surface area contributed by atoms with E-state index >= 15 is 0 Å². The quantitative estimate of drug-likeness (QED) is 0.630. The molecule has 2 aromatic heterocycles. The minimum atomic E-state index is -0.141. The van der Waals surface area contributed by atoms with Gasteiger partial charge in [0.25, 0.3) is 0 Å². The van der Waals surface area contributed by atoms with Gasteiger partial charge >= 0.3 is 6.01 Å². The van der Waals surface area contributed by atoms with Crippen LogP contribution < -0.4 is 10.1 Å². The summed E-state index contributed by atoms with van der Waals surface area (Å²) in [5.41, 5.74) is 2.50. The zero-order chi connectivity index (χ0) is 17.6. The average Bonchev–Trinajstić information content (AvgIpc) is 2.99. The predicted octanol–water partition coefficient (Wildman–Crippen LogP) is 2.86. The molecule has 0 aliphatic heterocycles. The Morgan fingerprint density at radius 1 is 1.28 bits per heavy atom. The van der Waals surface area contributed by atoms with E-state index in [2.05, 4.69) is 20.3 Å². The average molecular weight is 358 g/mol. The molecule has 1 aromatic carbocycles. The van der Waals surface area contributed by atoms with Crippen LogP contribution in [0.4, 0.5) is 5.13 Å². The van der Waals surface area contributed by atoms with E-state index in [-0.39, 0.29) is 12.5 Å². The monoisotopic (exact) mass is 358 g/mol. The highest BCUT2D eigenvalue weighted by atomic mass is 32.1. The lowest BCUT2D eigenvalue weighted by atomic mass is 10.1. The molecule has 0 aliphatic carbocycles. The van der Waals surface area contributed by atoms with Gasteiger partial charge in [0.15, 0.2) is 5.13 Å². The van der Waals surface area contributed by atoms with E-state index in [4.69, 9.17) is 9.84 Å². The van der Waals surface area contributed by atoms with Crippen LogP contribution in [0.1, 0.15) is 19.8 Å². The number of hydrogen-bond donors (Lipinski definition) is 2. The molecule has 0 unspecified atom stereocenters. The van der Waals surface area contributed by atoms with Gasteiger partial charge in [0.1, 0.15) is 0 Å². The number of thiazole rings is 1. The molecule has 2 heterocycles. The van der Waals surface area contributed by atoms with Crippen LogP contribution in [0.3, 0.4) is 0 Å². The summed E-state index contributed by atoms with van der Waals surface area (Å²) in [7, 11) is 0. The largest absolute Gasteiger partial charge is 0.463 e. The molecule has 3 rings (SSSR count). The zero-order valence-corrected chi connectivity index (χ0v) is 14.5. The fraction of sp³-hybridized carbons (Fsp3) is 0.294. The summed E-state index contributed by atoms with van der Waals surface area (Å²) in [6.07, 6.45) is 3.10. The Bertz CT molecular complexity index is 881. The van der Waals surface area contributed by atoms with Gasteiger partial charge < -0.3 is 15.2 Å². The molecule has 0 spiro atoms. The van der Waals surface area contributed by atoms with Crippen LogP contribution in [0.2, 0.25) is 0 Å². The number of hydrogen-bond acceptors (Lipinski definition) is 7. The Morgan fingerprint density at radius 2 is 2.16 bits per heavy atom. The first kappa shape index (κ1) is 17.2. The van der Waals surface area contributed by atoms with E-state index in [9.17, 15) is 4.79 Å². The normalized spacial score (nSPS) is 10.8. The predicted molar refractivity (Wildman–Crippen MR) is 96.8 cm³/mol. The van der Waals surface area contributed by atoms with Crippen molar-refractivity contribution >= 4 is 32.6 Å². The van der Waals surface area contributed by atoms with Gasteiger partial charge in [0.05, 0.1) is 22.5 Å². The summed E-state index contributed by atoms with van der Waals surface area (Å²) in [5, 5.41) is 12.1. The number of aliphatic hydroxyl groups excluding tert-OH is 1. The Kier molecular flexibility index (Phi) is 5.52. The van der Waals surface area contributed by atoms with Crippen LogP contribution in [-0.4, -0.2) is 39.2 Å². The second-order valence-electron chi connectivity index (χ2n) is 5.39. The van der Waals surface area contributed by atoms with Crippen molar-refractivity contribution in [1.82, 2.24) is 15.0 Å². The van der Waals surface area contributed by atoms with Crippen LogP contribution in [-0.2, 0) is 4.79 Å². The number of ether oxygens (including phenoxy) is 1. The highest BCUT2D eigenvalue weighted by Gasteiger charge is 2.09. The number of carbonyl (C=O) groups is 1. The van der Waals surface area contributed by atoms with Crippen molar-refractivity contribution in [3.05, 3.63) is 30.5 Å². The van der Waals surface area contributed by atoms with E-state index < -0.39 is 0 Å². The number of rotatable bonds is 7. The van der Waals surface area contributed by atoms with Crippen molar-refractivity contribution in [2.24, 2.45) is 0 Å². The van der Waals surface area contributed by atoms with Gasteiger partial charge in [0, 0.05) is 25.3 Å². The Morgan fingerprint density at radius 3 is 2.96 bits per heavy atom. The molecule has 0 aliphatic rings. The number of aliphatic hydroxyl groups is 1. The van der Waals surface area contributed by atoms with Crippen molar-refractivity contribution in [3.63, 3.8) is 0 Å². The van der Waals surface area contributed by atoms with Crippen molar-refractivity contribution in [2.75, 3.05) is 18.5 Å². The molecule has 25 heavy (non-hydrogen) atoms. The first-order valence-electron chi connectivity index (χ1n) is 7.91. The maximum Gasteiger partial charge on any atom is 0.316 e. The van der Waals surface area contributed by atoms with Crippen LogP contribution in [0.15, 0.2) is 30.5 Å². The number of fused-ring (bicyclic) bond motifs is 1. The topological polar surface area (TPSA) is 97.2 Å². The second-order valence-corrected chi connectivity index (χ2v) is 6.42. The zero-order valence-electron chi connectivity index (χ0n) is 13.7. The molecule has 1 amide bonds. The highest BCUT2D eigenvalue weighted by Crippen LogP contribution is 2.30. The Labute approximate surface area is 148 Å². The van der Waals surface area contributed by atoms with E-state index in [1.54, 1.807) is 6.20 Å². The van der Waals surface area contributed by atoms with Gasteiger partial charge in [-0.25, -0.2) is 9.97 Å². The summed E-state index contributed by atoms with van der Waals surface area (Å²) in [5.74, 6) is -0.141. The Balaban J connectivity index is 1.79. The van der Waals surface area contributed by atoms with E-state index in [0.717, 1.165) is 27.9 Å². The van der Waals surface area contributed by atoms with Gasteiger partial charge in [-0.05, 0) is 31.0 Å². The molecule has 3 aromatic rings. The molecule has 7 nitrogen and oxygen atoms in total. The van der Waals surface area contributed by atoms with Gasteiger partial charge in [-0.15, -0.1) is 0 Å². The fourth-order valence-electron chi connectivity index (χ4n) is 2.24. The van der Waals surface area contributed by atoms with Crippen LogP contribution in [0.5, 0.6) is 6.01 Å². The standard InChI is InChI=1S/C17H18N4O3S/c1-11(23)19-17-21-14-5-4-12(10-15(14)25-17)13-6-7-18-16(20-13)24-9-3-2-8-22/h4-7,10,22H,2-3,8-9H2,1H3,(H,19,21,23). The van der Waals surface area contributed by atoms with Crippen LogP contribution >= 0.6 is 11.3 Å². The molecule has 0 saturated carbocycles. The minimum absolute atomic E-state index is 0.141. The number of aromatic nitrogens is 3. The van der Waals surface area contributed by atoms with Gasteiger partial charge in [-0.1, -0.05) is 17.4 Å². The third-order valence-electron chi connectivity index (χ3n) is 3.38. The smallest absolute Gasteiger partial charge is 0.316 e. The Hall–Kier alpha value is -2.58. The lowest BCUT2D eigenvalue weighted by Crippen LogP contribution is -2.04. The fourth-order valence-corrected chi connectivity index (χ4v) is 3.19. The van der Waals surface area contributed by atoms with E-state index in [1.165, 1.54) is 18.3 Å². The lowest BCUT2D eigenvalue weighted by Gasteiger charge is -2.05. The maximum absolute atomic E-state index is 11.2. The summed E-state index contributed by atoms with van der Waals surface area (Å²) >= 11 is 1.42. The maximum atomic E-state index is 11.2. The molecule has 0 saturated heterocycles. The number of benzene rings is 1. The highest BCUT2D eigenvalue weighted by molar-refractivity contribution is 7.22. The number of amides is 1. The van der Waals surface area contributed by atoms with E-state index in [1.807, 2.05) is 24.3 Å². The second kappa shape index (κ2) is 8.00. The van der Waals surface area contributed by atoms with Gasteiger partial charge in [-0.2, -0.15) is 4.98 Å². The minimum Gasteiger partial charge on any atom is -0.463 e. The molecule has 0 fully saturated rings. The number of carbonyl (C=O) groups excluding carboxylic acids is 1. The third-order valence-corrected chi connectivity index (χ3v) is 4.32. The molecular formula is C17H18N4O3S. The molecule has 2 N–H and O–H groups in total. The first-order valence-corrected chi connectivity index (χ1v) is 8.72. The first-order chi connectivity index (χ1) is 12.2. The summed E-state index contributed by atoms with van der Waals surface area (Å²) < 4.78 is 6.48. The van der Waals surface area contributed by atoms with Crippen molar-refractivity contribution in [2.45, 2.75) is 19.8 Å². The van der Waals surface area contributed by atoms with Crippen LogP contribution in [0.25, 0.3) is 21.5 Å². The van der Waals surface area contributed by atoms with Crippen LogP contribution in [0, 0.1) is 0 Å².